The topological polar surface area (TPSA) is 41.1 Å². The van der Waals surface area contributed by atoms with Gasteiger partial charge in [0.15, 0.2) is 0 Å². The van der Waals surface area contributed by atoms with Gasteiger partial charge in [0, 0.05) is 29.7 Å². The standard InChI is InChI=1S/C21H24N4S/c1-14-7-8-17-18(11-14)26-21-19(17)20(22-13-23-21)25-10-9-16(12-25)24-15-5-3-2-4-6-15/h2-6,13-14,16,24H,7-12H2,1H3/t14-,16-/m0/s1. The molecule has 0 bridgehead atoms. The molecule has 1 N–H and O–H groups in total. The summed E-state index contributed by atoms with van der Waals surface area (Å²) in [5.74, 6) is 1.94. The number of aromatic nitrogens is 2. The van der Waals surface area contributed by atoms with E-state index < -0.39 is 0 Å². The van der Waals surface area contributed by atoms with Gasteiger partial charge < -0.3 is 10.2 Å². The predicted octanol–water partition coefficient (Wildman–Crippen LogP) is 4.51. The van der Waals surface area contributed by atoms with Gasteiger partial charge >= 0.3 is 0 Å². The molecule has 3 heterocycles. The van der Waals surface area contributed by atoms with Crippen LogP contribution in [0.5, 0.6) is 0 Å². The van der Waals surface area contributed by atoms with Crippen LogP contribution in [0.15, 0.2) is 36.7 Å². The number of fused-ring (bicyclic) bond motifs is 3. The van der Waals surface area contributed by atoms with Gasteiger partial charge in [0.1, 0.15) is 17.0 Å². The highest BCUT2D eigenvalue weighted by atomic mass is 32.1. The highest BCUT2D eigenvalue weighted by molar-refractivity contribution is 7.19. The molecule has 0 amide bonds. The number of hydrogen-bond acceptors (Lipinski definition) is 5. The minimum Gasteiger partial charge on any atom is -0.380 e. The zero-order chi connectivity index (χ0) is 17.5. The molecule has 2 aromatic heterocycles. The molecule has 134 valence electrons. The third kappa shape index (κ3) is 2.84. The van der Waals surface area contributed by atoms with E-state index in [4.69, 9.17) is 4.98 Å². The van der Waals surface area contributed by atoms with Crippen molar-refractivity contribution in [3.63, 3.8) is 0 Å². The molecule has 0 radical (unpaired) electrons. The molecular formula is C21H24N4S. The first-order valence-corrected chi connectivity index (χ1v) is 10.4. The Kier molecular flexibility index (Phi) is 4.04. The van der Waals surface area contributed by atoms with Crippen LogP contribution in [0.4, 0.5) is 11.5 Å². The summed E-state index contributed by atoms with van der Waals surface area (Å²) >= 11 is 1.89. The first kappa shape index (κ1) is 16.1. The van der Waals surface area contributed by atoms with Gasteiger partial charge in [0.2, 0.25) is 0 Å². The van der Waals surface area contributed by atoms with Gasteiger partial charge in [-0.1, -0.05) is 25.1 Å². The molecule has 3 aromatic rings. The maximum absolute atomic E-state index is 4.72. The van der Waals surface area contributed by atoms with Gasteiger partial charge in [-0.2, -0.15) is 0 Å². The minimum absolute atomic E-state index is 0.469. The lowest BCUT2D eigenvalue weighted by Crippen LogP contribution is -2.26. The Morgan fingerprint density at radius 3 is 2.92 bits per heavy atom. The fourth-order valence-corrected chi connectivity index (χ4v) is 5.68. The van der Waals surface area contributed by atoms with Crippen molar-refractivity contribution in [2.75, 3.05) is 23.3 Å². The average Bonchev–Trinajstić information content (AvgIpc) is 3.26. The van der Waals surface area contributed by atoms with Crippen molar-refractivity contribution in [3.05, 3.63) is 47.1 Å². The second kappa shape index (κ2) is 6.54. The molecule has 0 unspecified atom stereocenters. The van der Waals surface area contributed by atoms with Gasteiger partial charge in [0.05, 0.1) is 5.39 Å². The number of benzene rings is 1. The molecule has 5 rings (SSSR count). The van der Waals surface area contributed by atoms with Crippen LogP contribution in [0.3, 0.4) is 0 Å². The van der Waals surface area contributed by atoms with Crippen LogP contribution in [-0.4, -0.2) is 29.1 Å². The fraction of sp³-hybridized carbons (Fsp3) is 0.429. The summed E-state index contributed by atoms with van der Waals surface area (Å²) in [5.41, 5.74) is 2.73. The van der Waals surface area contributed by atoms with Gasteiger partial charge in [-0.3, -0.25) is 0 Å². The van der Waals surface area contributed by atoms with Crippen LogP contribution in [0.25, 0.3) is 10.2 Å². The Bertz CT molecular complexity index is 920. The molecule has 0 spiro atoms. The van der Waals surface area contributed by atoms with Crippen LogP contribution in [0.1, 0.15) is 30.2 Å². The summed E-state index contributed by atoms with van der Waals surface area (Å²) in [4.78, 5) is 14.5. The van der Waals surface area contributed by atoms with Crippen molar-refractivity contribution in [2.45, 2.75) is 38.6 Å². The Balaban J connectivity index is 1.43. The van der Waals surface area contributed by atoms with Crippen molar-refractivity contribution >= 4 is 33.1 Å². The summed E-state index contributed by atoms with van der Waals surface area (Å²) in [7, 11) is 0. The van der Waals surface area contributed by atoms with Crippen LogP contribution in [0.2, 0.25) is 0 Å². The van der Waals surface area contributed by atoms with E-state index in [1.807, 2.05) is 11.3 Å². The molecule has 26 heavy (non-hydrogen) atoms. The quantitative estimate of drug-likeness (QED) is 0.742. The highest BCUT2D eigenvalue weighted by Crippen LogP contribution is 2.41. The fourth-order valence-electron chi connectivity index (χ4n) is 4.34. The molecule has 0 saturated carbocycles. The van der Waals surface area contributed by atoms with Crippen molar-refractivity contribution < 1.29 is 0 Å². The van der Waals surface area contributed by atoms with Crippen LogP contribution >= 0.6 is 11.3 Å². The lowest BCUT2D eigenvalue weighted by molar-refractivity contribution is 0.509. The summed E-state index contributed by atoms with van der Waals surface area (Å²) in [6.07, 6.45) is 6.56. The van der Waals surface area contributed by atoms with Gasteiger partial charge in [-0.15, -0.1) is 11.3 Å². The molecular weight excluding hydrogens is 340 g/mol. The third-order valence-corrected chi connectivity index (χ3v) is 6.87. The number of hydrogen-bond donors (Lipinski definition) is 1. The van der Waals surface area contributed by atoms with Gasteiger partial charge in [-0.25, -0.2) is 9.97 Å². The lowest BCUT2D eigenvalue weighted by Gasteiger charge is -2.21. The second-order valence-electron chi connectivity index (χ2n) is 7.67. The number of nitrogens with one attached hydrogen (secondary N) is 1. The molecule has 1 aromatic carbocycles. The first-order chi connectivity index (χ1) is 12.8. The SMILES string of the molecule is C[C@H]1CCc2c(sc3ncnc(N4CC[C@H](Nc5ccccc5)C4)c23)C1. The molecule has 5 heteroatoms. The van der Waals surface area contributed by atoms with Crippen LogP contribution in [-0.2, 0) is 12.8 Å². The van der Waals surface area contributed by atoms with E-state index in [2.05, 4.69) is 52.5 Å². The smallest absolute Gasteiger partial charge is 0.141 e. The molecule has 2 aliphatic rings. The molecule has 1 aliphatic heterocycles. The highest BCUT2D eigenvalue weighted by Gasteiger charge is 2.28. The average molecular weight is 365 g/mol. The van der Waals surface area contributed by atoms with Crippen molar-refractivity contribution in [1.29, 1.82) is 0 Å². The summed E-state index contributed by atoms with van der Waals surface area (Å²) in [6.45, 7) is 4.42. The van der Waals surface area contributed by atoms with E-state index >= 15 is 0 Å². The Morgan fingerprint density at radius 1 is 1.15 bits per heavy atom. The maximum atomic E-state index is 4.72. The van der Waals surface area contributed by atoms with E-state index in [-0.39, 0.29) is 0 Å². The Labute approximate surface area is 158 Å². The molecule has 4 nitrogen and oxygen atoms in total. The monoisotopic (exact) mass is 364 g/mol. The summed E-state index contributed by atoms with van der Waals surface area (Å²) in [5, 5.41) is 5.00. The zero-order valence-electron chi connectivity index (χ0n) is 15.1. The van der Waals surface area contributed by atoms with Crippen molar-refractivity contribution in [3.8, 4) is 0 Å². The lowest BCUT2D eigenvalue weighted by atomic mass is 9.89. The number of rotatable bonds is 3. The Morgan fingerprint density at radius 2 is 2.04 bits per heavy atom. The largest absolute Gasteiger partial charge is 0.380 e. The first-order valence-electron chi connectivity index (χ1n) is 9.59. The number of para-hydroxylation sites is 1. The zero-order valence-corrected chi connectivity index (χ0v) is 15.9. The molecule has 1 aliphatic carbocycles. The van der Waals surface area contributed by atoms with Crippen molar-refractivity contribution in [2.24, 2.45) is 5.92 Å². The van der Waals surface area contributed by atoms with E-state index in [1.165, 1.54) is 40.7 Å². The predicted molar refractivity (Wildman–Crippen MR) is 109 cm³/mol. The van der Waals surface area contributed by atoms with Gasteiger partial charge in [0.25, 0.3) is 0 Å². The molecule has 2 atom stereocenters. The molecule has 1 saturated heterocycles. The van der Waals surface area contributed by atoms with Crippen LogP contribution in [0, 0.1) is 5.92 Å². The summed E-state index contributed by atoms with van der Waals surface area (Å²) < 4.78 is 0. The normalized spacial score (nSPS) is 22.6. The Hall–Kier alpha value is -2.14. The van der Waals surface area contributed by atoms with Gasteiger partial charge in [-0.05, 0) is 49.3 Å². The maximum Gasteiger partial charge on any atom is 0.141 e. The number of aryl methyl sites for hydroxylation is 1. The minimum atomic E-state index is 0.469. The third-order valence-electron chi connectivity index (χ3n) is 5.70. The second-order valence-corrected chi connectivity index (χ2v) is 8.75. The molecule has 1 fully saturated rings. The van der Waals surface area contributed by atoms with Crippen LogP contribution < -0.4 is 10.2 Å². The number of nitrogens with zero attached hydrogens (tertiary/aromatic N) is 3. The number of thiophene rings is 1. The van der Waals surface area contributed by atoms with E-state index in [9.17, 15) is 0 Å². The van der Waals surface area contributed by atoms with E-state index in [0.717, 1.165) is 31.2 Å². The summed E-state index contributed by atoms with van der Waals surface area (Å²) in [6, 6.07) is 11.0. The van der Waals surface area contributed by atoms with Crippen molar-refractivity contribution in [1.82, 2.24) is 9.97 Å². The number of anilines is 2. The van der Waals surface area contributed by atoms with E-state index in [0.29, 0.717) is 6.04 Å². The van der Waals surface area contributed by atoms with E-state index in [1.54, 1.807) is 11.2 Å².